The third kappa shape index (κ3) is 5.54. The highest BCUT2D eigenvalue weighted by Gasteiger charge is 2.16. The molecule has 0 heterocycles. The van der Waals surface area contributed by atoms with Crippen molar-refractivity contribution in [1.82, 2.24) is 4.90 Å². The van der Waals surface area contributed by atoms with Crippen molar-refractivity contribution in [3.05, 3.63) is 65.5 Å². The number of halogens is 1. The van der Waals surface area contributed by atoms with E-state index < -0.39 is 12.1 Å². The fourth-order valence-corrected chi connectivity index (χ4v) is 2.54. The van der Waals surface area contributed by atoms with E-state index in [1.54, 1.807) is 36.4 Å². The topological polar surface area (TPSA) is 59.0 Å². The van der Waals surface area contributed by atoms with Gasteiger partial charge in [-0.1, -0.05) is 12.1 Å². The molecule has 2 aromatic rings. The molecule has 0 radical (unpaired) electrons. The Bertz CT molecular complexity index is 703. The molecule has 0 saturated heterocycles. The lowest BCUT2D eigenvalue weighted by Crippen LogP contribution is -2.34. The van der Waals surface area contributed by atoms with Gasteiger partial charge in [0.1, 0.15) is 24.3 Å². The minimum atomic E-state index is -0.691. The van der Waals surface area contributed by atoms with E-state index in [-0.39, 0.29) is 18.5 Å². The summed E-state index contributed by atoms with van der Waals surface area (Å²) in [6.45, 7) is 2.52. The smallest absolute Gasteiger partial charge is 0.337 e. The van der Waals surface area contributed by atoms with Gasteiger partial charge in [0, 0.05) is 12.6 Å². The average Bonchev–Trinajstić information content (AvgIpc) is 2.66. The van der Waals surface area contributed by atoms with E-state index in [0.29, 0.717) is 17.9 Å². The number of likely N-dealkylation sites (N-methyl/N-ethyl adjacent to an activating group) is 1. The van der Waals surface area contributed by atoms with Crippen LogP contribution in [-0.4, -0.2) is 49.4 Å². The van der Waals surface area contributed by atoms with Crippen LogP contribution in [0.5, 0.6) is 5.75 Å². The molecule has 0 aromatic heterocycles. The number of ether oxygens (including phenoxy) is 2. The predicted octanol–water partition coefficient (Wildman–Crippen LogP) is 3.05. The zero-order chi connectivity index (χ0) is 19.1. The summed E-state index contributed by atoms with van der Waals surface area (Å²) in [7, 11) is 3.22. The van der Waals surface area contributed by atoms with E-state index >= 15 is 0 Å². The number of benzene rings is 2. The lowest BCUT2D eigenvalue weighted by molar-refractivity contribution is 0.0598. The van der Waals surface area contributed by atoms with Crippen molar-refractivity contribution in [3.8, 4) is 5.75 Å². The summed E-state index contributed by atoms with van der Waals surface area (Å²) in [5.41, 5.74) is 1.41. The van der Waals surface area contributed by atoms with E-state index in [2.05, 4.69) is 4.74 Å². The molecule has 2 atom stereocenters. The van der Waals surface area contributed by atoms with Crippen molar-refractivity contribution in [2.75, 3.05) is 27.3 Å². The molecule has 0 aliphatic heterocycles. The summed E-state index contributed by atoms with van der Waals surface area (Å²) < 4.78 is 23.2. The molecule has 0 fully saturated rings. The summed E-state index contributed by atoms with van der Waals surface area (Å²) in [6, 6.07) is 12.9. The predicted molar refractivity (Wildman–Crippen MR) is 96.7 cm³/mol. The maximum Gasteiger partial charge on any atom is 0.337 e. The Hall–Kier alpha value is -2.44. The molecule has 2 unspecified atom stereocenters. The fourth-order valence-electron chi connectivity index (χ4n) is 2.54. The van der Waals surface area contributed by atoms with Crippen LogP contribution >= 0.6 is 0 Å². The molecule has 140 valence electrons. The first-order valence-corrected chi connectivity index (χ1v) is 8.35. The zero-order valence-corrected chi connectivity index (χ0v) is 15.2. The van der Waals surface area contributed by atoms with Gasteiger partial charge in [-0.15, -0.1) is 0 Å². The largest absolute Gasteiger partial charge is 0.491 e. The van der Waals surface area contributed by atoms with Crippen molar-refractivity contribution in [3.63, 3.8) is 0 Å². The van der Waals surface area contributed by atoms with E-state index in [1.807, 2.05) is 18.9 Å². The van der Waals surface area contributed by atoms with Crippen LogP contribution in [0.4, 0.5) is 4.39 Å². The molecule has 2 rings (SSSR count). The Labute approximate surface area is 153 Å². The average molecular weight is 361 g/mol. The van der Waals surface area contributed by atoms with Gasteiger partial charge in [-0.05, 0) is 55.9 Å². The molecule has 2 aromatic carbocycles. The molecule has 0 saturated carbocycles. The van der Waals surface area contributed by atoms with Crippen LogP contribution in [0.15, 0.2) is 48.5 Å². The van der Waals surface area contributed by atoms with E-state index in [4.69, 9.17) is 4.74 Å². The number of rotatable bonds is 8. The molecule has 26 heavy (non-hydrogen) atoms. The molecule has 5 nitrogen and oxygen atoms in total. The van der Waals surface area contributed by atoms with E-state index in [1.165, 1.54) is 19.2 Å². The van der Waals surface area contributed by atoms with Gasteiger partial charge in [0.25, 0.3) is 0 Å². The van der Waals surface area contributed by atoms with Crippen molar-refractivity contribution in [1.29, 1.82) is 0 Å². The Kier molecular flexibility index (Phi) is 7.12. The van der Waals surface area contributed by atoms with Crippen LogP contribution in [0, 0.1) is 5.82 Å². The van der Waals surface area contributed by atoms with Crippen LogP contribution in [0.1, 0.15) is 28.9 Å². The number of hydrogen-bond donors (Lipinski definition) is 1. The molecule has 0 aliphatic rings. The fraction of sp³-hybridized carbons (Fsp3) is 0.350. The summed E-state index contributed by atoms with van der Waals surface area (Å²) in [6.07, 6.45) is -0.691. The summed E-state index contributed by atoms with van der Waals surface area (Å²) >= 11 is 0. The maximum atomic E-state index is 13.0. The number of aliphatic hydroxyl groups is 1. The summed E-state index contributed by atoms with van der Waals surface area (Å²) in [4.78, 5) is 13.4. The number of nitrogens with zero attached hydrogens (tertiary/aromatic N) is 1. The highest BCUT2D eigenvalue weighted by molar-refractivity contribution is 5.89. The molecule has 1 N–H and O–H groups in total. The first kappa shape index (κ1) is 19.9. The van der Waals surface area contributed by atoms with Crippen LogP contribution in [-0.2, 0) is 4.74 Å². The van der Waals surface area contributed by atoms with Gasteiger partial charge in [-0.25, -0.2) is 9.18 Å². The maximum absolute atomic E-state index is 13.0. The Morgan fingerprint density at radius 2 is 1.77 bits per heavy atom. The van der Waals surface area contributed by atoms with Gasteiger partial charge in [0.15, 0.2) is 0 Å². The molecular weight excluding hydrogens is 337 g/mol. The van der Waals surface area contributed by atoms with Crippen molar-refractivity contribution in [2.24, 2.45) is 0 Å². The second kappa shape index (κ2) is 9.31. The summed E-state index contributed by atoms with van der Waals surface area (Å²) in [5.74, 6) is -0.116. The standard InChI is InChI=1S/C20H24FNO4/c1-14(15-4-8-17(21)9-5-15)22(2)12-18(23)13-26-19-10-6-16(7-11-19)20(24)25-3/h4-11,14,18,23H,12-13H2,1-3H3. The van der Waals surface area contributed by atoms with Crippen molar-refractivity contribution in [2.45, 2.75) is 19.1 Å². The van der Waals surface area contributed by atoms with Gasteiger partial charge in [0.2, 0.25) is 0 Å². The third-order valence-electron chi connectivity index (χ3n) is 4.23. The van der Waals surface area contributed by atoms with E-state index in [0.717, 1.165) is 5.56 Å². The molecule has 0 bridgehead atoms. The molecule has 0 aliphatic carbocycles. The Morgan fingerprint density at radius 3 is 2.35 bits per heavy atom. The van der Waals surface area contributed by atoms with E-state index in [9.17, 15) is 14.3 Å². The third-order valence-corrected chi connectivity index (χ3v) is 4.23. The Morgan fingerprint density at radius 1 is 1.15 bits per heavy atom. The lowest BCUT2D eigenvalue weighted by Gasteiger charge is -2.27. The normalized spacial score (nSPS) is 13.3. The second-order valence-corrected chi connectivity index (χ2v) is 6.15. The number of carbonyl (C=O) groups excluding carboxylic acids is 1. The highest BCUT2D eigenvalue weighted by Crippen LogP contribution is 2.19. The van der Waals surface area contributed by atoms with Crippen LogP contribution in [0.3, 0.4) is 0 Å². The second-order valence-electron chi connectivity index (χ2n) is 6.15. The minimum Gasteiger partial charge on any atom is -0.491 e. The van der Waals surface area contributed by atoms with Crippen LogP contribution in [0.25, 0.3) is 0 Å². The Balaban J connectivity index is 1.83. The van der Waals surface area contributed by atoms with Crippen molar-refractivity contribution < 1.29 is 23.8 Å². The van der Waals surface area contributed by atoms with Gasteiger partial charge in [-0.3, -0.25) is 4.90 Å². The van der Waals surface area contributed by atoms with Gasteiger partial charge in [0.05, 0.1) is 12.7 Å². The van der Waals surface area contributed by atoms with Gasteiger partial charge >= 0.3 is 5.97 Å². The summed E-state index contributed by atoms with van der Waals surface area (Å²) in [5, 5.41) is 10.2. The monoisotopic (exact) mass is 361 g/mol. The number of esters is 1. The quantitative estimate of drug-likeness (QED) is 0.733. The number of carbonyl (C=O) groups is 1. The number of aliphatic hydroxyl groups excluding tert-OH is 1. The van der Waals surface area contributed by atoms with Crippen LogP contribution in [0.2, 0.25) is 0 Å². The number of hydrogen-bond acceptors (Lipinski definition) is 5. The molecule has 0 amide bonds. The highest BCUT2D eigenvalue weighted by atomic mass is 19.1. The number of methoxy groups -OCH3 is 1. The van der Waals surface area contributed by atoms with Crippen molar-refractivity contribution >= 4 is 5.97 Å². The molecular formula is C20H24FNO4. The van der Waals surface area contributed by atoms with Gasteiger partial charge in [-0.2, -0.15) is 0 Å². The first-order chi connectivity index (χ1) is 12.4. The minimum absolute atomic E-state index is 0.0320. The SMILES string of the molecule is COC(=O)c1ccc(OCC(O)CN(C)C(C)c2ccc(F)cc2)cc1. The van der Waals surface area contributed by atoms with Gasteiger partial charge < -0.3 is 14.6 Å². The first-order valence-electron chi connectivity index (χ1n) is 8.35. The molecule has 0 spiro atoms. The lowest BCUT2D eigenvalue weighted by atomic mass is 10.1. The molecule has 6 heteroatoms. The van der Waals surface area contributed by atoms with Crippen LogP contribution < -0.4 is 4.74 Å². The zero-order valence-electron chi connectivity index (χ0n) is 15.2.